The molecule has 0 amide bonds. The summed E-state index contributed by atoms with van der Waals surface area (Å²) >= 11 is 3.11. The molecule has 0 aliphatic rings. The van der Waals surface area contributed by atoms with Gasteiger partial charge in [0, 0.05) is 11.8 Å². The number of furan rings is 1. The maximum Gasteiger partial charge on any atom is 0.303 e. The Morgan fingerprint density at radius 2 is 1.85 bits per heavy atom. The Morgan fingerprint density at radius 3 is 2.19 bits per heavy atom. The zero-order valence-electron chi connectivity index (χ0n) is 13.9. The molecular weight excluding hydrogens is 398 g/mol. The smallest absolute Gasteiger partial charge is 0.303 e. The van der Waals surface area contributed by atoms with Crippen molar-refractivity contribution in [1.82, 2.24) is 0 Å². The molecule has 7 heteroatoms. The molecular formula is C19H16BrN3O3. The SMILES string of the molecule is C=Cc1ccccc1.N#Cc1coc(C#N)c1C#N.O=C(O)CCCBr. The minimum Gasteiger partial charge on any atom is -0.481 e. The van der Waals surface area contributed by atoms with E-state index in [0.29, 0.717) is 0 Å². The monoisotopic (exact) mass is 413 g/mol. The number of nitriles is 3. The van der Waals surface area contributed by atoms with E-state index < -0.39 is 5.97 Å². The second-order valence-electron chi connectivity index (χ2n) is 4.49. The third-order valence-electron chi connectivity index (χ3n) is 2.68. The highest BCUT2D eigenvalue weighted by Gasteiger charge is 2.11. The van der Waals surface area contributed by atoms with Crippen LogP contribution in [0.25, 0.3) is 6.08 Å². The zero-order valence-corrected chi connectivity index (χ0v) is 15.4. The van der Waals surface area contributed by atoms with E-state index in [9.17, 15) is 4.79 Å². The summed E-state index contributed by atoms with van der Waals surface area (Å²) in [5, 5.41) is 34.0. The number of carboxylic acids is 1. The molecule has 0 bridgehead atoms. The highest BCUT2D eigenvalue weighted by molar-refractivity contribution is 9.09. The first kappa shape index (κ1) is 22.7. The molecule has 0 atom stereocenters. The van der Waals surface area contributed by atoms with Crippen molar-refractivity contribution in [2.75, 3.05) is 5.33 Å². The Balaban J connectivity index is 0.000000373. The molecule has 6 nitrogen and oxygen atoms in total. The van der Waals surface area contributed by atoms with Gasteiger partial charge in [-0.15, -0.1) is 0 Å². The number of hydrogen-bond donors (Lipinski definition) is 1. The molecule has 1 heterocycles. The van der Waals surface area contributed by atoms with Crippen molar-refractivity contribution in [1.29, 1.82) is 15.8 Å². The topological polar surface area (TPSA) is 122 Å². The van der Waals surface area contributed by atoms with Crippen molar-refractivity contribution in [2.24, 2.45) is 0 Å². The lowest BCUT2D eigenvalue weighted by molar-refractivity contribution is -0.137. The fourth-order valence-electron chi connectivity index (χ4n) is 1.44. The highest BCUT2D eigenvalue weighted by atomic mass is 79.9. The normalized spacial score (nSPS) is 8.23. The van der Waals surface area contributed by atoms with Gasteiger partial charge in [-0.25, -0.2) is 0 Å². The Labute approximate surface area is 160 Å². The van der Waals surface area contributed by atoms with Crippen LogP contribution in [0.2, 0.25) is 0 Å². The molecule has 0 fully saturated rings. The number of rotatable bonds is 4. The van der Waals surface area contributed by atoms with Crippen LogP contribution >= 0.6 is 15.9 Å². The maximum atomic E-state index is 9.74. The summed E-state index contributed by atoms with van der Waals surface area (Å²) in [4.78, 5) is 9.74. The number of hydrogen-bond acceptors (Lipinski definition) is 5. The fraction of sp³-hybridized carbons (Fsp3) is 0.158. The summed E-state index contributed by atoms with van der Waals surface area (Å²) in [7, 11) is 0. The second kappa shape index (κ2) is 14.0. The molecule has 0 aliphatic heterocycles. The number of aliphatic carboxylic acids is 1. The summed E-state index contributed by atoms with van der Waals surface area (Å²) < 4.78 is 4.62. The van der Waals surface area contributed by atoms with Crippen LogP contribution in [-0.2, 0) is 4.79 Å². The summed E-state index contributed by atoms with van der Waals surface area (Å²) in [6.07, 6.45) is 3.91. The first-order valence-corrected chi connectivity index (χ1v) is 8.43. The van der Waals surface area contributed by atoms with Crippen LogP contribution in [0.15, 0.2) is 47.6 Å². The number of benzene rings is 1. The van der Waals surface area contributed by atoms with Crippen LogP contribution in [-0.4, -0.2) is 16.4 Å². The Bertz CT molecular complexity index is 793. The third kappa shape index (κ3) is 9.08. The molecule has 2 rings (SSSR count). The van der Waals surface area contributed by atoms with E-state index in [1.54, 1.807) is 18.2 Å². The molecule has 2 aromatic rings. The molecule has 1 aromatic carbocycles. The van der Waals surface area contributed by atoms with Crippen LogP contribution in [0, 0.1) is 34.0 Å². The maximum absolute atomic E-state index is 9.74. The van der Waals surface area contributed by atoms with Gasteiger partial charge in [-0.2, -0.15) is 15.8 Å². The van der Waals surface area contributed by atoms with E-state index in [2.05, 4.69) is 26.9 Å². The second-order valence-corrected chi connectivity index (χ2v) is 5.28. The minimum absolute atomic E-state index is 0.00926. The molecule has 0 unspecified atom stereocenters. The van der Waals surface area contributed by atoms with Crippen LogP contribution < -0.4 is 0 Å². The van der Waals surface area contributed by atoms with Crippen molar-refractivity contribution < 1.29 is 14.3 Å². The average molecular weight is 414 g/mol. The van der Waals surface area contributed by atoms with Gasteiger partial charge >= 0.3 is 5.97 Å². The highest BCUT2D eigenvalue weighted by Crippen LogP contribution is 2.13. The number of carboxylic acid groups (broad SMARTS) is 1. The van der Waals surface area contributed by atoms with E-state index in [4.69, 9.17) is 20.9 Å². The summed E-state index contributed by atoms with van der Waals surface area (Å²) in [5.41, 5.74) is 1.28. The lowest BCUT2D eigenvalue weighted by Crippen LogP contribution is -1.93. The molecule has 0 spiro atoms. The Morgan fingerprint density at radius 1 is 1.19 bits per heavy atom. The van der Waals surface area contributed by atoms with Gasteiger partial charge < -0.3 is 9.52 Å². The van der Waals surface area contributed by atoms with E-state index in [0.717, 1.165) is 18.0 Å². The summed E-state index contributed by atoms with van der Waals surface area (Å²) in [6, 6.07) is 15.1. The Kier molecular flexibility index (Phi) is 12.2. The number of halogens is 1. The minimum atomic E-state index is -0.723. The van der Waals surface area contributed by atoms with Crippen molar-refractivity contribution >= 4 is 28.0 Å². The van der Waals surface area contributed by atoms with Gasteiger partial charge in [-0.3, -0.25) is 4.79 Å². The quantitative estimate of drug-likeness (QED) is 0.737. The summed E-state index contributed by atoms with van der Waals surface area (Å²) in [5.74, 6) is -0.830. The molecule has 0 saturated carbocycles. The van der Waals surface area contributed by atoms with E-state index in [1.807, 2.05) is 36.4 Å². The van der Waals surface area contributed by atoms with E-state index in [-0.39, 0.29) is 23.3 Å². The lowest BCUT2D eigenvalue weighted by atomic mass is 10.2. The first-order valence-electron chi connectivity index (χ1n) is 7.31. The molecule has 1 aromatic heterocycles. The Hall–Kier alpha value is -3.34. The molecule has 0 saturated heterocycles. The fourth-order valence-corrected chi connectivity index (χ4v) is 1.72. The molecule has 0 radical (unpaired) electrons. The lowest BCUT2D eigenvalue weighted by Gasteiger charge is -1.85. The van der Waals surface area contributed by atoms with Crippen LogP contribution in [0.5, 0.6) is 0 Å². The van der Waals surface area contributed by atoms with Gasteiger partial charge in [0.25, 0.3) is 0 Å². The van der Waals surface area contributed by atoms with Crippen molar-refractivity contribution in [3.05, 3.63) is 65.6 Å². The van der Waals surface area contributed by atoms with Crippen molar-refractivity contribution in [3.63, 3.8) is 0 Å². The molecule has 132 valence electrons. The number of nitrogens with zero attached hydrogens (tertiary/aromatic N) is 3. The standard InChI is InChI=1S/C8H8.C7HN3O.C4H7BrO2/c1-2-8-6-4-3-5-7-8;8-1-5-4-11-7(3-10)6(5)2-9;5-3-1-2-4(6)7/h2-7H,1H2;4H;1-3H2,(H,6,7). The predicted octanol–water partition coefficient (Wildman–Crippen LogP) is 4.47. The van der Waals surface area contributed by atoms with Crippen LogP contribution in [0.3, 0.4) is 0 Å². The predicted molar refractivity (Wildman–Crippen MR) is 100 cm³/mol. The van der Waals surface area contributed by atoms with Gasteiger partial charge in [0.15, 0.2) is 0 Å². The van der Waals surface area contributed by atoms with Crippen molar-refractivity contribution in [2.45, 2.75) is 12.8 Å². The third-order valence-corrected chi connectivity index (χ3v) is 3.25. The van der Waals surface area contributed by atoms with Gasteiger partial charge in [-0.05, 0) is 12.0 Å². The zero-order chi connectivity index (χ0) is 19.8. The molecule has 1 N–H and O–H groups in total. The molecule has 26 heavy (non-hydrogen) atoms. The van der Waals surface area contributed by atoms with E-state index in [1.165, 1.54) is 5.56 Å². The molecule has 0 aliphatic carbocycles. The van der Waals surface area contributed by atoms with E-state index >= 15 is 0 Å². The van der Waals surface area contributed by atoms with Gasteiger partial charge in [-0.1, -0.05) is 58.9 Å². The van der Waals surface area contributed by atoms with Gasteiger partial charge in [0.1, 0.15) is 35.6 Å². The summed E-state index contributed by atoms with van der Waals surface area (Å²) in [6.45, 7) is 3.63. The van der Waals surface area contributed by atoms with Crippen LogP contribution in [0.1, 0.15) is 35.3 Å². The van der Waals surface area contributed by atoms with Crippen molar-refractivity contribution in [3.8, 4) is 18.2 Å². The van der Waals surface area contributed by atoms with Gasteiger partial charge in [0.05, 0.1) is 0 Å². The first-order chi connectivity index (χ1) is 12.5. The van der Waals surface area contributed by atoms with Crippen LogP contribution in [0.4, 0.5) is 0 Å². The number of alkyl halides is 1. The van der Waals surface area contributed by atoms with Gasteiger partial charge in [0.2, 0.25) is 5.76 Å². The number of carbonyl (C=O) groups is 1. The largest absolute Gasteiger partial charge is 0.481 e. The average Bonchev–Trinajstić information content (AvgIpc) is 3.10.